The molecule has 26 heavy (non-hydrogen) atoms. The Kier molecular flexibility index (Phi) is 3.95. The first-order valence-electron chi connectivity index (χ1n) is 9.90. The number of ether oxygens (including phenoxy) is 1. The summed E-state index contributed by atoms with van der Waals surface area (Å²) in [7, 11) is 1.50. The van der Waals surface area contributed by atoms with E-state index in [2.05, 4.69) is 6.92 Å². The van der Waals surface area contributed by atoms with Crippen molar-refractivity contribution < 1.29 is 24.5 Å². The maximum absolute atomic E-state index is 12.2. The van der Waals surface area contributed by atoms with Crippen LogP contribution in [0.4, 0.5) is 0 Å². The Hall–Kier alpha value is -1.20. The lowest BCUT2D eigenvalue weighted by atomic mass is 9.45. The van der Waals surface area contributed by atoms with Gasteiger partial charge in [-0.1, -0.05) is 19.4 Å². The van der Waals surface area contributed by atoms with E-state index in [1.807, 2.05) is 13.0 Å². The maximum Gasteiger partial charge on any atom is 0.336 e. The normalized spacial score (nSPS) is 50.5. The number of aliphatic hydroxyl groups is 1. The number of methoxy groups -OCH3 is 1. The summed E-state index contributed by atoms with van der Waals surface area (Å²) in [6.45, 7) is 4.23. The van der Waals surface area contributed by atoms with Gasteiger partial charge in [0.25, 0.3) is 0 Å². The summed E-state index contributed by atoms with van der Waals surface area (Å²) in [6, 6.07) is 0. The molecule has 0 amide bonds. The fourth-order valence-electron chi connectivity index (χ4n) is 7.45. The van der Waals surface area contributed by atoms with E-state index in [1.54, 1.807) is 0 Å². The van der Waals surface area contributed by atoms with Gasteiger partial charge in [-0.25, -0.2) is 4.79 Å². The zero-order chi connectivity index (χ0) is 18.9. The van der Waals surface area contributed by atoms with Crippen molar-refractivity contribution in [3.8, 4) is 0 Å². The predicted octanol–water partition coefficient (Wildman–Crippen LogP) is 2.96. The van der Waals surface area contributed by atoms with Crippen LogP contribution in [-0.4, -0.2) is 40.8 Å². The third kappa shape index (κ3) is 2.04. The molecular weight excluding hydrogens is 332 g/mol. The molecule has 3 fully saturated rings. The average Bonchev–Trinajstić information content (AvgIpc) is 2.88. The predicted molar refractivity (Wildman–Crippen MR) is 95.5 cm³/mol. The highest BCUT2D eigenvalue weighted by Gasteiger charge is 2.69. The van der Waals surface area contributed by atoms with Gasteiger partial charge in [0.15, 0.2) is 11.4 Å². The summed E-state index contributed by atoms with van der Waals surface area (Å²) >= 11 is 0. The van der Waals surface area contributed by atoms with Crippen molar-refractivity contribution in [3.05, 3.63) is 11.6 Å². The SMILES string of the molecule is COC1(C(=O)O)CC[C@H]2[C@@H]3CCC4=CC(=O)CC[C@]4(C)[C@@H]3C(O)C[C@@]21C. The second kappa shape index (κ2) is 5.65. The maximum atomic E-state index is 12.2. The summed E-state index contributed by atoms with van der Waals surface area (Å²) in [5.41, 5.74) is -0.703. The summed E-state index contributed by atoms with van der Waals surface area (Å²) in [5.74, 6) is -0.0636. The highest BCUT2D eigenvalue weighted by Crippen LogP contribution is 2.68. The van der Waals surface area contributed by atoms with Gasteiger partial charge < -0.3 is 14.9 Å². The Bertz CT molecular complexity index is 684. The van der Waals surface area contributed by atoms with Gasteiger partial charge in [-0.15, -0.1) is 0 Å². The van der Waals surface area contributed by atoms with Gasteiger partial charge in [-0.2, -0.15) is 0 Å². The van der Waals surface area contributed by atoms with Gasteiger partial charge in [0.05, 0.1) is 6.10 Å². The van der Waals surface area contributed by atoms with Crippen LogP contribution in [-0.2, 0) is 14.3 Å². The standard InChI is InChI=1S/C21H30O5/c1-19-8-6-13(22)10-12(19)4-5-14-15-7-9-21(26-3,18(24)25)20(15,2)11-16(23)17(14)19/h10,14-17,23H,4-9,11H2,1-3H3,(H,24,25)/t14-,15-,16?,17-,19-,20-,21?/m0/s1. The molecule has 4 rings (SSSR count). The minimum Gasteiger partial charge on any atom is -0.479 e. The average molecular weight is 362 g/mol. The molecule has 0 aliphatic heterocycles. The van der Waals surface area contributed by atoms with Crippen LogP contribution in [0.3, 0.4) is 0 Å². The lowest BCUT2D eigenvalue weighted by Gasteiger charge is -2.60. The number of carboxylic acid groups (broad SMARTS) is 1. The van der Waals surface area contributed by atoms with E-state index in [0.717, 1.165) is 25.7 Å². The minimum atomic E-state index is -1.21. The molecule has 3 saturated carbocycles. The molecule has 0 heterocycles. The number of fused-ring (bicyclic) bond motifs is 5. The monoisotopic (exact) mass is 362 g/mol. The molecule has 0 aromatic rings. The first kappa shape index (κ1) is 18.2. The molecular formula is C21H30O5. The molecule has 5 nitrogen and oxygen atoms in total. The van der Waals surface area contributed by atoms with E-state index in [-0.39, 0.29) is 29.0 Å². The van der Waals surface area contributed by atoms with Crippen molar-refractivity contribution in [2.45, 2.75) is 70.5 Å². The molecule has 0 radical (unpaired) electrons. The van der Waals surface area contributed by atoms with E-state index >= 15 is 0 Å². The Morgan fingerprint density at radius 2 is 1.96 bits per heavy atom. The van der Waals surface area contributed by atoms with Crippen molar-refractivity contribution in [1.82, 2.24) is 0 Å². The van der Waals surface area contributed by atoms with E-state index in [4.69, 9.17) is 4.74 Å². The Morgan fingerprint density at radius 3 is 2.62 bits per heavy atom. The molecule has 2 unspecified atom stereocenters. The summed E-state index contributed by atoms with van der Waals surface area (Å²) < 4.78 is 5.64. The summed E-state index contributed by atoms with van der Waals surface area (Å²) in [5, 5.41) is 21.2. The van der Waals surface area contributed by atoms with E-state index < -0.39 is 23.1 Å². The van der Waals surface area contributed by atoms with Crippen LogP contribution >= 0.6 is 0 Å². The van der Waals surface area contributed by atoms with Crippen LogP contribution in [0.25, 0.3) is 0 Å². The quantitative estimate of drug-likeness (QED) is 0.789. The molecule has 0 bridgehead atoms. The summed E-state index contributed by atoms with van der Waals surface area (Å²) in [4.78, 5) is 24.1. The van der Waals surface area contributed by atoms with Crippen LogP contribution in [0.2, 0.25) is 0 Å². The number of aliphatic hydroxyl groups excluding tert-OH is 1. The molecule has 0 aromatic heterocycles. The van der Waals surface area contributed by atoms with E-state index in [9.17, 15) is 19.8 Å². The fraction of sp³-hybridized carbons (Fsp3) is 0.810. The largest absolute Gasteiger partial charge is 0.479 e. The zero-order valence-corrected chi connectivity index (χ0v) is 16.0. The van der Waals surface area contributed by atoms with Crippen molar-refractivity contribution in [2.24, 2.45) is 28.6 Å². The van der Waals surface area contributed by atoms with Crippen molar-refractivity contribution in [2.75, 3.05) is 7.11 Å². The first-order chi connectivity index (χ1) is 12.2. The number of rotatable bonds is 2. The van der Waals surface area contributed by atoms with Crippen LogP contribution in [0.1, 0.15) is 58.8 Å². The van der Waals surface area contributed by atoms with E-state index in [0.29, 0.717) is 19.3 Å². The van der Waals surface area contributed by atoms with E-state index in [1.165, 1.54) is 12.7 Å². The Balaban J connectivity index is 1.76. The Morgan fingerprint density at radius 1 is 1.23 bits per heavy atom. The second-order valence-electron chi connectivity index (χ2n) is 9.45. The number of allylic oxidation sites excluding steroid dienone is 1. The number of aliphatic carboxylic acids is 1. The molecule has 7 atom stereocenters. The number of ketones is 1. The minimum absolute atomic E-state index is 0.107. The first-order valence-corrected chi connectivity index (χ1v) is 9.90. The molecule has 2 N–H and O–H groups in total. The van der Waals surface area contributed by atoms with Crippen LogP contribution in [0.15, 0.2) is 11.6 Å². The molecule has 0 aromatic carbocycles. The lowest BCUT2D eigenvalue weighted by molar-refractivity contribution is -0.201. The van der Waals surface area contributed by atoms with Crippen LogP contribution in [0, 0.1) is 28.6 Å². The van der Waals surface area contributed by atoms with Crippen LogP contribution in [0.5, 0.6) is 0 Å². The van der Waals surface area contributed by atoms with Gasteiger partial charge in [0.2, 0.25) is 0 Å². The molecule has 144 valence electrons. The number of carbonyl (C=O) groups excluding carboxylic acids is 1. The number of hydrogen-bond donors (Lipinski definition) is 2. The van der Waals surface area contributed by atoms with Crippen LogP contribution < -0.4 is 0 Å². The second-order valence-corrected chi connectivity index (χ2v) is 9.45. The Labute approximate surface area is 154 Å². The number of hydrogen-bond acceptors (Lipinski definition) is 4. The van der Waals surface area contributed by atoms with Gasteiger partial charge >= 0.3 is 5.97 Å². The lowest BCUT2D eigenvalue weighted by Crippen LogP contribution is -2.62. The van der Waals surface area contributed by atoms with Gasteiger partial charge in [0.1, 0.15) is 0 Å². The van der Waals surface area contributed by atoms with Crippen molar-refractivity contribution >= 4 is 11.8 Å². The summed E-state index contributed by atoms with van der Waals surface area (Å²) in [6.07, 6.45) is 6.22. The highest BCUT2D eigenvalue weighted by atomic mass is 16.5. The smallest absolute Gasteiger partial charge is 0.336 e. The van der Waals surface area contributed by atoms with Crippen molar-refractivity contribution in [3.63, 3.8) is 0 Å². The zero-order valence-electron chi connectivity index (χ0n) is 16.0. The van der Waals surface area contributed by atoms with Gasteiger partial charge in [-0.05, 0) is 67.8 Å². The molecule has 4 aliphatic carbocycles. The fourth-order valence-corrected chi connectivity index (χ4v) is 7.45. The third-order valence-corrected chi connectivity index (χ3v) is 8.71. The van der Waals surface area contributed by atoms with Gasteiger partial charge in [-0.3, -0.25) is 4.79 Å². The molecule has 5 heteroatoms. The molecule has 0 spiro atoms. The van der Waals surface area contributed by atoms with Crippen molar-refractivity contribution in [1.29, 1.82) is 0 Å². The number of carbonyl (C=O) groups is 2. The number of carboxylic acids is 1. The topological polar surface area (TPSA) is 83.8 Å². The third-order valence-electron chi connectivity index (χ3n) is 8.71. The molecule has 4 aliphatic rings. The molecule has 0 saturated heterocycles. The highest BCUT2D eigenvalue weighted by molar-refractivity contribution is 5.91. The van der Waals surface area contributed by atoms with Gasteiger partial charge in [0, 0.05) is 18.9 Å².